The molecule has 7 heteroatoms. The third-order valence-electron chi connectivity index (χ3n) is 2.72. The van der Waals surface area contributed by atoms with Gasteiger partial charge in [0.25, 0.3) is 0 Å². The lowest BCUT2D eigenvalue weighted by atomic mass is 10.0. The van der Waals surface area contributed by atoms with Crippen molar-refractivity contribution in [3.05, 3.63) is 29.8 Å². The average Bonchev–Trinajstić information content (AvgIpc) is 2.35. The van der Waals surface area contributed by atoms with Crippen molar-refractivity contribution in [1.82, 2.24) is 5.32 Å². The predicted octanol–water partition coefficient (Wildman–Crippen LogP) is 2.54. The summed E-state index contributed by atoms with van der Waals surface area (Å²) in [5, 5.41) is 2.73. The van der Waals surface area contributed by atoms with Crippen LogP contribution in [0.4, 0.5) is 13.2 Å². The maximum Gasteiger partial charge on any atom is 0.422 e. The zero-order valence-corrected chi connectivity index (χ0v) is 12.1. The zero-order valence-electron chi connectivity index (χ0n) is 12.1. The first-order valence-electron chi connectivity index (χ1n) is 6.38. The minimum Gasteiger partial charge on any atom is -0.484 e. The van der Waals surface area contributed by atoms with Crippen LogP contribution in [0.5, 0.6) is 5.75 Å². The highest BCUT2D eigenvalue weighted by Gasteiger charge is 2.28. The standard InChI is InChI=1S/C14H19F3N2O2/c1-9(19-12(20)13(2,3)18)10-4-6-11(7-5-10)21-8-14(15,16)17/h4-7,9H,8,18H2,1-3H3,(H,19,20). The van der Waals surface area contributed by atoms with Crippen LogP contribution < -0.4 is 15.8 Å². The largest absolute Gasteiger partial charge is 0.484 e. The van der Waals surface area contributed by atoms with Gasteiger partial charge in [0.1, 0.15) is 5.75 Å². The second-order valence-electron chi connectivity index (χ2n) is 5.39. The monoisotopic (exact) mass is 304 g/mol. The van der Waals surface area contributed by atoms with Gasteiger partial charge >= 0.3 is 6.18 Å². The molecule has 21 heavy (non-hydrogen) atoms. The Labute approximate surface area is 121 Å². The Morgan fingerprint density at radius 1 is 1.29 bits per heavy atom. The van der Waals surface area contributed by atoms with Crippen molar-refractivity contribution in [3.63, 3.8) is 0 Å². The Kier molecular flexibility index (Phi) is 5.22. The van der Waals surface area contributed by atoms with Crippen LogP contribution in [0.25, 0.3) is 0 Å². The van der Waals surface area contributed by atoms with Gasteiger partial charge in [-0.05, 0) is 38.5 Å². The molecular weight excluding hydrogens is 285 g/mol. The molecule has 0 bridgehead atoms. The van der Waals surface area contributed by atoms with Gasteiger partial charge in [-0.25, -0.2) is 0 Å². The topological polar surface area (TPSA) is 64.4 Å². The maximum absolute atomic E-state index is 12.0. The van der Waals surface area contributed by atoms with E-state index < -0.39 is 18.3 Å². The third-order valence-corrected chi connectivity index (χ3v) is 2.72. The smallest absolute Gasteiger partial charge is 0.422 e. The summed E-state index contributed by atoms with van der Waals surface area (Å²) in [5.74, 6) is -0.193. The molecule has 0 aliphatic heterocycles. The first-order chi connectivity index (χ1) is 9.49. The van der Waals surface area contributed by atoms with E-state index in [-0.39, 0.29) is 17.7 Å². The van der Waals surface area contributed by atoms with E-state index in [0.717, 1.165) is 5.56 Å². The van der Waals surface area contributed by atoms with E-state index in [1.54, 1.807) is 32.9 Å². The van der Waals surface area contributed by atoms with E-state index in [4.69, 9.17) is 5.73 Å². The van der Waals surface area contributed by atoms with Crippen LogP contribution >= 0.6 is 0 Å². The van der Waals surface area contributed by atoms with Gasteiger partial charge in [0.2, 0.25) is 5.91 Å². The Balaban J connectivity index is 2.63. The number of carbonyl (C=O) groups is 1. The number of carbonyl (C=O) groups excluding carboxylic acids is 1. The summed E-state index contributed by atoms with van der Waals surface area (Å²) in [6, 6.07) is 5.74. The predicted molar refractivity (Wildman–Crippen MR) is 72.8 cm³/mol. The number of halogens is 3. The number of benzene rings is 1. The van der Waals surface area contributed by atoms with Crippen molar-refractivity contribution in [2.75, 3.05) is 6.61 Å². The number of alkyl halides is 3. The molecule has 0 saturated heterocycles. The fraction of sp³-hybridized carbons (Fsp3) is 0.500. The minimum atomic E-state index is -4.37. The van der Waals surface area contributed by atoms with Crippen molar-refractivity contribution in [1.29, 1.82) is 0 Å². The van der Waals surface area contributed by atoms with E-state index >= 15 is 0 Å². The molecule has 0 saturated carbocycles. The first kappa shape index (κ1) is 17.3. The maximum atomic E-state index is 12.0. The molecule has 0 aliphatic rings. The first-order valence-corrected chi connectivity index (χ1v) is 6.38. The lowest BCUT2D eigenvalue weighted by Crippen LogP contribution is -2.49. The van der Waals surface area contributed by atoms with Gasteiger partial charge in [0.15, 0.2) is 6.61 Å². The number of nitrogens with two attached hydrogens (primary N) is 1. The van der Waals surface area contributed by atoms with Crippen molar-refractivity contribution in [2.24, 2.45) is 5.73 Å². The molecule has 1 aromatic carbocycles. The average molecular weight is 304 g/mol. The molecule has 1 amide bonds. The van der Waals surface area contributed by atoms with Gasteiger partial charge < -0.3 is 15.8 Å². The van der Waals surface area contributed by atoms with Crippen molar-refractivity contribution in [2.45, 2.75) is 38.5 Å². The SMILES string of the molecule is CC(NC(=O)C(C)(C)N)c1ccc(OCC(F)(F)F)cc1. The summed E-state index contributed by atoms with van der Waals surface area (Å²) in [4.78, 5) is 11.7. The molecule has 1 unspecified atom stereocenters. The molecule has 4 nitrogen and oxygen atoms in total. The van der Waals surface area contributed by atoms with Crippen molar-refractivity contribution < 1.29 is 22.7 Å². The molecule has 118 valence electrons. The number of amides is 1. The third kappa shape index (κ3) is 6.03. The molecule has 0 fully saturated rings. The van der Waals surface area contributed by atoms with Gasteiger partial charge in [0, 0.05) is 0 Å². The summed E-state index contributed by atoms with van der Waals surface area (Å²) in [6.45, 7) is 3.60. The van der Waals surface area contributed by atoms with Gasteiger partial charge in [-0.2, -0.15) is 13.2 Å². The summed E-state index contributed by atoms with van der Waals surface area (Å²) in [6.07, 6.45) is -4.37. The van der Waals surface area contributed by atoms with Crippen molar-refractivity contribution >= 4 is 5.91 Å². The van der Waals surface area contributed by atoms with Crippen LogP contribution in [0.1, 0.15) is 32.4 Å². The lowest BCUT2D eigenvalue weighted by Gasteiger charge is -2.22. The van der Waals surface area contributed by atoms with Crippen molar-refractivity contribution in [3.8, 4) is 5.75 Å². The van der Waals surface area contributed by atoms with E-state index in [0.29, 0.717) is 0 Å². The highest BCUT2D eigenvalue weighted by atomic mass is 19.4. The van der Waals surface area contributed by atoms with Gasteiger partial charge in [-0.3, -0.25) is 4.79 Å². The molecule has 3 N–H and O–H groups in total. The molecular formula is C14H19F3N2O2. The Hall–Kier alpha value is -1.76. The molecule has 0 aliphatic carbocycles. The summed E-state index contributed by atoms with van der Waals surface area (Å²) in [7, 11) is 0. The molecule has 1 atom stereocenters. The van der Waals surface area contributed by atoms with E-state index in [2.05, 4.69) is 10.1 Å². The van der Waals surface area contributed by atoms with Crippen LogP contribution in [0.2, 0.25) is 0 Å². The fourth-order valence-corrected chi connectivity index (χ4v) is 1.48. The molecule has 1 aromatic rings. The molecule has 0 heterocycles. The van der Waals surface area contributed by atoms with Gasteiger partial charge in [0.05, 0.1) is 11.6 Å². The molecule has 0 radical (unpaired) electrons. The summed E-state index contributed by atoms with van der Waals surface area (Å²) < 4.78 is 40.7. The van der Waals surface area contributed by atoms with Gasteiger partial charge in [-0.1, -0.05) is 12.1 Å². The fourth-order valence-electron chi connectivity index (χ4n) is 1.48. The van der Waals surface area contributed by atoms with Gasteiger partial charge in [-0.15, -0.1) is 0 Å². The summed E-state index contributed by atoms with van der Waals surface area (Å²) >= 11 is 0. The number of nitrogens with one attached hydrogen (secondary N) is 1. The Morgan fingerprint density at radius 3 is 2.24 bits per heavy atom. The van der Waals surface area contributed by atoms with Crippen LogP contribution in [0.15, 0.2) is 24.3 Å². The quantitative estimate of drug-likeness (QED) is 0.878. The molecule has 1 rings (SSSR count). The lowest BCUT2D eigenvalue weighted by molar-refractivity contribution is -0.153. The number of rotatable bonds is 5. The number of ether oxygens (including phenoxy) is 1. The highest BCUT2D eigenvalue weighted by Crippen LogP contribution is 2.21. The second kappa shape index (κ2) is 6.34. The second-order valence-corrected chi connectivity index (χ2v) is 5.39. The van der Waals surface area contributed by atoms with Crippen LogP contribution in [-0.4, -0.2) is 24.2 Å². The van der Waals surface area contributed by atoms with Crippen LogP contribution in [-0.2, 0) is 4.79 Å². The van der Waals surface area contributed by atoms with E-state index in [1.807, 2.05) is 0 Å². The molecule has 0 spiro atoms. The number of hydrogen-bond acceptors (Lipinski definition) is 3. The highest BCUT2D eigenvalue weighted by molar-refractivity contribution is 5.85. The minimum absolute atomic E-state index is 0.119. The zero-order chi connectivity index (χ0) is 16.3. The Morgan fingerprint density at radius 2 is 1.81 bits per heavy atom. The van der Waals surface area contributed by atoms with E-state index in [9.17, 15) is 18.0 Å². The van der Waals surface area contributed by atoms with Crippen LogP contribution in [0.3, 0.4) is 0 Å². The van der Waals surface area contributed by atoms with E-state index in [1.165, 1.54) is 12.1 Å². The number of hydrogen-bond donors (Lipinski definition) is 2. The molecule has 0 aromatic heterocycles. The Bertz CT molecular complexity index is 478. The normalized spacial score (nSPS) is 13.7. The van der Waals surface area contributed by atoms with Crippen LogP contribution in [0, 0.1) is 0 Å². The summed E-state index contributed by atoms with van der Waals surface area (Å²) in [5.41, 5.74) is 5.42.